The van der Waals surface area contributed by atoms with Crippen LogP contribution >= 0.6 is 0 Å². The number of hydrogen-bond donors (Lipinski definition) is 2. The molecule has 2 aromatic rings. The van der Waals surface area contributed by atoms with Gasteiger partial charge in [-0.25, -0.2) is 4.79 Å². The van der Waals surface area contributed by atoms with Gasteiger partial charge in [0, 0.05) is 24.3 Å². The van der Waals surface area contributed by atoms with Gasteiger partial charge in [0.1, 0.15) is 0 Å². The molecule has 1 heterocycles. The van der Waals surface area contributed by atoms with Gasteiger partial charge < -0.3 is 16.0 Å². The van der Waals surface area contributed by atoms with E-state index in [1.54, 1.807) is 6.07 Å². The average Bonchev–Trinajstić information content (AvgIpc) is 3.04. The lowest BCUT2D eigenvalue weighted by Crippen LogP contribution is -2.33. The summed E-state index contributed by atoms with van der Waals surface area (Å²) in [6.07, 6.45) is 1.80. The van der Waals surface area contributed by atoms with Gasteiger partial charge in [0.2, 0.25) is 5.91 Å². The van der Waals surface area contributed by atoms with Crippen LogP contribution in [0.1, 0.15) is 22.3 Å². The number of rotatable bonds is 4. The van der Waals surface area contributed by atoms with Gasteiger partial charge in [-0.2, -0.15) is 0 Å². The third kappa shape index (κ3) is 3.93. The molecule has 0 bridgehead atoms. The highest BCUT2D eigenvalue weighted by Crippen LogP contribution is 2.22. The first-order chi connectivity index (χ1) is 11.6. The third-order valence-corrected chi connectivity index (χ3v) is 4.33. The second-order valence-corrected chi connectivity index (χ2v) is 6.17. The molecular formula is C19H21N3O2. The minimum atomic E-state index is -0.410. The first-order valence-corrected chi connectivity index (χ1v) is 8.11. The number of urea groups is 1. The number of benzene rings is 2. The first kappa shape index (κ1) is 16.1. The predicted octanol–water partition coefficient (Wildman–Crippen LogP) is 2.88. The molecule has 1 atom stereocenters. The van der Waals surface area contributed by atoms with E-state index in [4.69, 9.17) is 5.73 Å². The largest absolute Gasteiger partial charge is 0.366 e. The summed E-state index contributed by atoms with van der Waals surface area (Å²) in [5.41, 5.74) is 7.75. The van der Waals surface area contributed by atoms with Crippen LogP contribution < -0.4 is 11.1 Å². The Bertz CT molecular complexity index is 730. The molecule has 0 aliphatic carbocycles. The minimum Gasteiger partial charge on any atom is -0.366 e. The molecule has 1 aliphatic heterocycles. The van der Waals surface area contributed by atoms with E-state index < -0.39 is 5.91 Å². The number of nitrogens with one attached hydrogen (secondary N) is 1. The summed E-state index contributed by atoms with van der Waals surface area (Å²) < 4.78 is 0. The standard InChI is InChI=1S/C19H21N3O2/c20-18(23)16-6-4-5-14(12-16)11-15-9-10-22(13-15)19(24)21-17-7-2-1-3-8-17/h1-8,12,15H,9-11,13H2,(H2,20,23)(H,21,24)/t15-/m1/s1. The fraction of sp³-hybridized carbons (Fsp3) is 0.263. The number of primary amides is 1. The lowest BCUT2D eigenvalue weighted by atomic mass is 9.97. The average molecular weight is 323 g/mol. The topological polar surface area (TPSA) is 75.4 Å². The van der Waals surface area contributed by atoms with Crippen LogP contribution in [0.3, 0.4) is 0 Å². The lowest BCUT2D eigenvalue weighted by molar-refractivity contribution is 0.1000. The highest BCUT2D eigenvalue weighted by atomic mass is 16.2. The molecule has 3 rings (SSSR count). The lowest BCUT2D eigenvalue weighted by Gasteiger charge is -2.17. The number of anilines is 1. The van der Waals surface area contributed by atoms with Crippen molar-refractivity contribution in [1.82, 2.24) is 4.90 Å². The molecule has 5 nitrogen and oxygen atoms in total. The number of para-hydroxylation sites is 1. The molecule has 0 spiro atoms. The van der Waals surface area contributed by atoms with Crippen LogP contribution in [0.5, 0.6) is 0 Å². The normalized spacial score (nSPS) is 16.8. The molecule has 3 amide bonds. The van der Waals surface area contributed by atoms with Crippen molar-refractivity contribution in [3.63, 3.8) is 0 Å². The summed E-state index contributed by atoms with van der Waals surface area (Å²) in [5.74, 6) is -0.0122. The van der Waals surface area contributed by atoms with E-state index in [2.05, 4.69) is 5.32 Å². The zero-order valence-corrected chi connectivity index (χ0v) is 13.4. The Morgan fingerprint density at radius 3 is 2.67 bits per heavy atom. The number of nitrogens with two attached hydrogens (primary N) is 1. The zero-order chi connectivity index (χ0) is 16.9. The maximum Gasteiger partial charge on any atom is 0.321 e. The summed E-state index contributed by atoms with van der Waals surface area (Å²) >= 11 is 0. The molecule has 3 N–H and O–H groups in total. The number of amides is 3. The quantitative estimate of drug-likeness (QED) is 0.908. The van der Waals surface area contributed by atoms with Crippen molar-refractivity contribution in [2.24, 2.45) is 11.7 Å². The van der Waals surface area contributed by atoms with Crippen LogP contribution in [0.25, 0.3) is 0 Å². The Morgan fingerprint density at radius 2 is 1.92 bits per heavy atom. The molecule has 5 heteroatoms. The van der Waals surface area contributed by atoms with Gasteiger partial charge in [-0.3, -0.25) is 4.79 Å². The number of hydrogen-bond acceptors (Lipinski definition) is 2. The van der Waals surface area contributed by atoms with Crippen molar-refractivity contribution in [2.75, 3.05) is 18.4 Å². The molecule has 0 saturated carbocycles. The second-order valence-electron chi connectivity index (χ2n) is 6.17. The first-order valence-electron chi connectivity index (χ1n) is 8.11. The summed E-state index contributed by atoms with van der Waals surface area (Å²) in [6, 6.07) is 16.8. The zero-order valence-electron chi connectivity index (χ0n) is 13.4. The summed E-state index contributed by atoms with van der Waals surface area (Å²) in [4.78, 5) is 25.4. The molecule has 2 aromatic carbocycles. The minimum absolute atomic E-state index is 0.0606. The van der Waals surface area contributed by atoms with E-state index in [0.29, 0.717) is 11.5 Å². The molecular weight excluding hydrogens is 302 g/mol. The molecule has 0 radical (unpaired) electrons. The summed E-state index contributed by atoms with van der Waals surface area (Å²) in [6.45, 7) is 1.47. The maximum atomic E-state index is 12.3. The number of likely N-dealkylation sites (tertiary alicyclic amines) is 1. The van der Waals surface area contributed by atoms with Crippen LogP contribution in [-0.2, 0) is 6.42 Å². The van der Waals surface area contributed by atoms with Crippen molar-refractivity contribution in [3.05, 3.63) is 65.7 Å². The fourth-order valence-electron chi connectivity index (χ4n) is 3.09. The van der Waals surface area contributed by atoms with Crippen LogP contribution in [-0.4, -0.2) is 29.9 Å². The maximum absolute atomic E-state index is 12.3. The van der Waals surface area contributed by atoms with E-state index in [-0.39, 0.29) is 6.03 Å². The Hall–Kier alpha value is -2.82. The Labute approximate surface area is 141 Å². The summed E-state index contributed by atoms with van der Waals surface area (Å²) in [7, 11) is 0. The van der Waals surface area contributed by atoms with Gasteiger partial charge in [-0.15, -0.1) is 0 Å². The van der Waals surface area contributed by atoms with Crippen molar-refractivity contribution in [2.45, 2.75) is 12.8 Å². The van der Waals surface area contributed by atoms with Crippen molar-refractivity contribution >= 4 is 17.6 Å². The van der Waals surface area contributed by atoms with Crippen LogP contribution in [0.4, 0.5) is 10.5 Å². The third-order valence-electron chi connectivity index (χ3n) is 4.33. The molecule has 24 heavy (non-hydrogen) atoms. The van der Waals surface area contributed by atoms with Crippen LogP contribution in [0.15, 0.2) is 54.6 Å². The molecule has 124 valence electrons. The SMILES string of the molecule is NC(=O)c1cccc(C[C@H]2CCN(C(=O)Nc3ccccc3)C2)c1. The monoisotopic (exact) mass is 323 g/mol. The van der Waals surface area contributed by atoms with Crippen LogP contribution in [0.2, 0.25) is 0 Å². The molecule has 0 aromatic heterocycles. The Balaban J connectivity index is 1.56. The smallest absolute Gasteiger partial charge is 0.321 e. The summed E-state index contributed by atoms with van der Waals surface area (Å²) in [5, 5.41) is 2.92. The molecule has 1 aliphatic rings. The van der Waals surface area contributed by atoms with Gasteiger partial charge in [-0.1, -0.05) is 30.3 Å². The second kappa shape index (κ2) is 7.17. The Kier molecular flexibility index (Phi) is 4.79. The van der Waals surface area contributed by atoms with Crippen molar-refractivity contribution in [3.8, 4) is 0 Å². The van der Waals surface area contributed by atoms with E-state index in [1.165, 1.54) is 0 Å². The van der Waals surface area contributed by atoms with E-state index in [1.807, 2.05) is 53.4 Å². The highest BCUT2D eigenvalue weighted by Gasteiger charge is 2.26. The number of carbonyl (C=O) groups excluding carboxylic acids is 2. The molecule has 1 saturated heterocycles. The van der Waals surface area contributed by atoms with E-state index >= 15 is 0 Å². The van der Waals surface area contributed by atoms with Gasteiger partial charge in [0.15, 0.2) is 0 Å². The van der Waals surface area contributed by atoms with Crippen molar-refractivity contribution < 1.29 is 9.59 Å². The van der Waals surface area contributed by atoms with Gasteiger partial charge in [-0.05, 0) is 48.6 Å². The van der Waals surface area contributed by atoms with Crippen LogP contribution in [0, 0.1) is 5.92 Å². The van der Waals surface area contributed by atoms with Gasteiger partial charge in [0.05, 0.1) is 0 Å². The van der Waals surface area contributed by atoms with Gasteiger partial charge >= 0.3 is 6.03 Å². The van der Waals surface area contributed by atoms with E-state index in [9.17, 15) is 9.59 Å². The van der Waals surface area contributed by atoms with E-state index in [0.717, 1.165) is 37.2 Å². The van der Waals surface area contributed by atoms with Crippen molar-refractivity contribution in [1.29, 1.82) is 0 Å². The predicted molar refractivity (Wildman–Crippen MR) is 93.8 cm³/mol. The highest BCUT2D eigenvalue weighted by molar-refractivity contribution is 5.92. The van der Waals surface area contributed by atoms with Gasteiger partial charge in [0.25, 0.3) is 0 Å². The number of carbonyl (C=O) groups is 2. The number of nitrogens with zero attached hydrogens (tertiary/aromatic N) is 1. The molecule has 1 fully saturated rings. The molecule has 0 unspecified atom stereocenters. The Morgan fingerprint density at radius 1 is 1.12 bits per heavy atom. The fourth-order valence-corrected chi connectivity index (χ4v) is 3.09.